The Labute approximate surface area is 89.3 Å². The summed E-state index contributed by atoms with van der Waals surface area (Å²) < 4.78 is 0. The number of hydrogen-bond acceptors (Lipinski definition) is 2. The van der Waals surface area contributed by atoms with Gasteiger partial charge in [-0.3, -0.25) is 0 Å². The van der Waals surface area contributed by atoms with Crippen LogP contribution in [-0.2, 0) is 0 Å². The molecule has 0 aromatic heterocycles. The van der Waals surface area contributed by atoms with Crippen LogP contribution in [-0.4, -0.2) is 24.2 Å². The number of carboxylic acids is 1. The molecule has 1 saturated heterocycles. The fourth-order valence-corrected chi connectivity index (χ4v) is 1.99. The highest BCUT2D eigenvalue weighted by molar-refractivity contribution is 5.89. The number of anilines is 1. The van der Waals surface area contributed by atoms with E-state index in [0.717, 1.165) is 30.3 Å². The molecule has 0 saturated carbocycles. The van der Waals surface area contributed by atoms with Crippen molar-refractivity contribution in [2.24, 2.45) is 5.92 Å². The summed E-state index contributed by atoms with van der Waals surface area (Å²) in [6.45, 7) is 6.21. The van der Waals surface area contributed by atoms with Crippen LogP contribution in [0.2, 0.25) is 0 Å². The summed E-state index contributed by atoms with van der Waals surface area (Å²) in [5, 5.41) is 8.89. The molecular weight excluding hydrogens is 190 g/mol. The van der Waals surface area contributed by atoms with E-state index in [1.165, 1.54) is 0 Å². The van der Waals surface area contributed by atoms with Crippen molar-refractivity contribution in [2.75, 3.05) is 18.0 Å². The first-order valence-electron chi connectivity index (χ1n) is 5.17. The van der Waals surface area contributed by atoms with Gasteiger partial charge in [0.2, 0.25) is 0 Å². The third kappa shape index (κ3) is 1.82. The molecule has 1 aromatic carbocycles. The van der Waals surface area contributed by atoms with Gasteiger partial charge >= 0.3 is 5.97 Å². The fraction of sp³-hybridized carbons (Fsp3) is 0.417. The van der Waals surface area contributed by atoms with Gasteiger partial charge in [0.15, 0.2) is 0 Å². The van der Waals surface area contributed by atoms with E-state index in [2.05, 4.69) is 11.8 Å². The lowest BCUT2D eigenvalue weighted by Crippen LogP contribution is -2.45. The molecule has 1 fully saturated rings. The molecule has 3 heteroatoms. The Morgan fingerprint density at radius 2 is 2.13 bits per heavy atom. The van der Waals surface area contributed by atoms with Crippen LogP contribution in [0.3, 0.4) is 0 Å². The molecular formula is C12H15NO2. The van der Waals surface area contributed by atoms with Crippen LogP contribution in [0.5, 0.6) is 0 Å². The Balaban J connectivity index is 2.22. The van der Waals surface area contributed by atoms with E-state index in [9.17, 15) is 4.79 Å². The van der Waals surface area contributed by atoms with Gasteiger partial charge < -0.3 is 10.0 Å². The molecule has 2 rings (SSSR count). The first-order chi connectivity index (χ1) is 7.08. The molecule has 0 spiro atoms. The summed E-state index contributed by atoms with van der Waals surface area (Å²) in [6.07, 6.45) is 0. The van der Waals surface area contributed by atoms with Crippen molar-refractivity contribution in [1.29, 1.82) is 0 Å². The second-order valence-corrected chi connectivity index (χ2v) is 4.31. The number of aryl methyl sites for hydroxylation is 1. The van der Waals surface area contributed by atoms with E-state index in [-0.39, 0.29) is 0 Å². The fourth-order valence-electron chi connectivity index (χ4n) is 1.99. The van der Waals surface area contributed by atoms with Gasteiger partial charge in [0.05, 0.1) is 5.56 Å². The largest absolute Gasteiger partial charge is 0.478 e. The van der Waals surface area contributed by atoms with Gasteiger partial charge in [-0.15, -0.1) is 0 Å². The molecule has 0 aliphatic carbocycles. The van der Waals surface area contributed by atoms with Crippen LogP contribution in [0, 0.1) is 12.8 Å². The first kappa shape index (κ1) is 10.0. The number of hydrogen-bond donors (Lipinski definition) is 1. The predicted molar refractivity (Wildman–Crippen MR) is 59.5 cm³/mol. The maximum atomic E-state index is 10.8. The summed E-state index contributed by atoms with van der Waals surface area (Å²) in [5.41, 5.74) is 2.36. The van der Waals surface area contributed by atoms with Crippen LogP contribution in [0.1, 0.15) is 22.8 Å². The van der Waals surface area contributed by atoms with Crippen LogP contribution in [0.4, 0.5) is 5.69 Å². The summed E-state index contributed by atoms with van der Waals surface area (Å²) in [7, 11) is 0. The maximum absolute atomic E-state index is 10.8. The van der Waals surface area contributed by atoms with Crippen LogP contribution in [0.25, 0.3) is 0 Å². The average Bonchev–Trinajstić information content (AvgIpc) is 2.12. The monoisotopic (exact) mass is 205 g/mol. The average molecular weight is 205 g/mol. The normalized spacial score (nSPS) is 16.3. The Morgan fingerprint density at radius 1 is 1.47 bits per heavy atom. The summed E-state index contributed by atoms with van der Waals surface area (Å²) in [5.74, 6) is -0.0968. The number of rotatable bonds is 2. The van der Waals surface area contributed by atoms with E-state index in [1.54, 1.807) is 6.07 Å². The number of benzene rings is 1. The Morgan fingerprint density at radius 3 is 2.60 bits per heavy atom. The highest BCUT2D eigenvalue weighted by Crippen LogP contribution is 2.26. The zero-order chi connectivity index (χ0) is 11.0. The summed E-state index contributed by atoms with van der Waals surface area (Å²) in [4.78, 5) is 13.1. The van der Waals surface area contributed by atoms with Crippen LogP contribution in [0.15, 0.2) is 18.2 Å². The smallest absolute Gasteiger partial charge is 0.335 e. The Bertz CT molecular complexity index is 395. The van der Waals surface area contributed by atoms with Gasteiger partial charge in [-0.2, -0.15) is 0 Å². The third-order valence-electron chi connectivity index (χ3n) is 2.87. The number of carbonyl (C=O) groups is 1. The Hall–Kier alpha value is -1.51. The van der Waals surface area contributed by atoms with Crippen LogP contribution < -0.4 is 4.90 Å². The maximum Gasteiger partial charge on any atom is 0.335 e. The minimum atomic E-state index is -0.851. The third-order valence-corrected chi connectivity index (χ3v) is 2.87. The molecule has 0 atom stereocenters. The molecule has 0 radical (unpaired) electrons. The van der Waals surface area contributed by atoms with Crippen molar-refractivity contribution in [1.82, 2.24) is 0 Å². The zero-order valence-electron chi connectivity index (χ0n) is 9.03. The topological polar surface area (TPSA) is 40.5 Å². The SMILES string of the molecule is Cc1cc(N2CC(C)C2)ccc1C(=O)O. The number of carboxylic acid groups (broad SMARTS) is 1. The molecule has 1 heterocycles. The lowest BCUT2D eigenvalue weighted by Gasteiger charge is -2.39. The molecule has 80 valence electrons. The zero-order valence-corrected chi connectivity index (χ0v) is 9.03. The number of nitrogens with zero attached hydrogens (tertiary/aromatic N) is 1. The molecule has 0 unspecified atom stereocenters. The molecule has 3 nitrogen and oxygen atoms in total. The van der Waals surface area contributed by atoms with Crippen LogP contribution >= 0.6 is 0 Å². The minimum absolute atomic E-state index is 0.396. The van der Waals surface area contributed by atoms with E-state index >= 15 is 0 Å². The summed E-state index contributed by atoms with van der Waals surface area (Å²) >= 11 is 0. The van der Waals surface area contributed by atoms with Gasteiger partial charge in [0.1, 0.15) is 0 Å². The Kier molecular flexibility index (Phi) is 2.39. The first-order valence-corrected chi connectivity index (χ1v) is 5.17. The van der Waals surface area contributed by atoms with Gasteiger partial charge in [0.25, 0.3) is 0 Å². The molecule has 1 aliphatic heterocycles. The lowest BCUT2D eigenvalue weighted by atomic mass is 10.00. The molecule has 0 amide bonds. The molecule has 1 N–H and O–H groups in total. The summed E-state index contributed by atoms with van der Waals surface area (Å²) in [6, 6.07) is 5.54. The van der Waals surface area contributed by atoms with Gasteiger partial charge in [-0.25, -0.2) is 4.79 Å². The van der Waals surface area contributed by atoms with E-state index in [4.69, 9.17) is 5.11 Å². The van der Waals surface area contributed by atoms with Gasteiger partial charge in [0, 0.05) is 18.8 Å². The molecule has 1 aliphatic rings. The minimum Gasteiger partial charge on any atom is -0.478 e. The number of aromatic carboxylic acids is 1. The van der Waals surface area contributed by atoms with E-state index in [0.29, 0.717) is 5.56 Å². The van der Waals surface area contributed by atoms with Crippen molar-refractivity contribution in [3.63, 3.8) is 0 Å². The molecule has 15 heavy (non-hydrogen) atoms. The lowest BCUT2D eigenvalue weighted by molar-refractivity contribution is 0.0696. The van der Waals surface area contributed by atoms with Crippen molar-refractivity contribution in [2.45, 2.75) is 13.8 Å². The predicted octanol–water partition coefficient (Wildman–Crippen LogP) is 2.15. The standard InChI is InChI=1S/C12H15NO2/c1-8-6-13(7-8)10-3-4-11(12(14)15)9(2)5-10/h3-5,8H,6-7H2,1-2H3,(H,14,15). The van der Waals surface area contributed by atoms with Crippen molar-refractivity contribution in [3.05, 3.63) is 29.3 Å². The van der Waals surface area contributed by atoms with E-state index < -0.39 is 5.97 Å². The van der Waals surface area contributed by atoms with Crippen molar-refractivity contribution in [3.8, 4) is 0 Å². The van der Waals surface area contributed by atoms with Gasteiger partial charge in [-0.05, 0) is 36.6 Å². The second-order valence-electron chi connectivity index (χ2n) is 4.31. The molecule has 1 aromatic rings. The second kappa shape index (κ2) is 3.57. The highest BCUT2D eigenvalue weighted by Gasteiger charge is 2.23. The highest BCUT2D eigenvalue weighted by atomic mass is 16.4. The quantitative estimate of drug-likeness (QED) is 0.804. The van der Waals surface area contributed by atoms with Crippen molar-refractivity contribution < 1.29 is 9.90 Å². The van der Waals surface area contributed by atoms with E-state index in [1.807, 2.05) is 19.1 Å². The molecule has 0 bridgehead atoms. The van der Waals surface area contributed by atoms with Gasteiger partial charge in [-0.1, -0.05) is 6.92 Å². The van der Waals surface area contributed by atoms with Crippen molar-refractivity contribution >= 4 is 11.7 Å².